The zero-order valence-corrected chi connectivity index (χ0v) is 20.9. The number of likely N-dealkylation sites (N-methyl/N-ethyl adjacent to an activating group) is 1. The summed E-state index contributed by atoms with van der Waals surface area (Å²) in [5, 5.41) is 9.75. The van der Waals surface area contributed by atoms with Crippen molar-refractivity contribution in [2.75, 3.05) is 26.7 Å². The average molecular weight is 488 g/mol. The molecular formula is C25H33N3O5S. The predicted molar refractivity (Wildman–Crippen MR) is 131 cm³/mol. The van der Waals surface area contributed by atoms with Crippen LogP contribution in [0.3, 0.4) is 0 Å². The molecule has 3 rings (SSSR count). The maximum absolute atomic E-state index is 13.5. The molecule has 0 bridgehead atoms. The van der Waals surface area contributed by atoms with Gasteiger partial charge in [0.15, 0.2) is 0 Å². The molecular weight excluding hydrogens is 454 g/mol. The van der Waals surface area contributed by atoms with E-state index in [1.807, 2.05) is 32.1 Å². The Bertz CT molecular complexity index is 1120. The second-order valence-corrected chi connectivity index (χ2v) is 10.6. The molecule has 1 amide bonds. The topological polar surface area (TPSA) is 100 Å². The van der Waals surface area contributed by atoms with Gasteiger partial charge in [-0.05, 0) is 43.7 Å². The molecule has 0 aliphatic carbocycles. The lowest BCUT2D eigenvalue weighted by molar-refractivity contribution is -0.130. The molecule has 8 nitrogen and oxygen atoms in total. The summed E-state index contributed by atoms with van der Waals surface area (Å²) in [6.45, 7) is 5.60. The fourth-order valence-electron chi connectivity index (χ4n) is 3.92. The number of aliphatic hydroxyl groups is 1. The van der Waals surface area contributed by atoms with Gasteiger partial charge in [0.05, 0.1) is 19.6 Å². The third-order valence-corrected chi connectivity index (χ3v) is 8.01. The first-order chi connectivity index (χ1) is 16.2. The van der Waals surface area contributed by atoms with E-state index in [0.717, 1.165) is 5.56 Å². The van der Waals surface area contributed by atoms with Crippen molar-refractivity contribution in [2.24, 2.45) is 5.92 Å². The van der Waals surface area contributed by atoms with Gasteiger partial charge in [0, 0.05) is 37.4 Å². The number of amides is 1. The Kier molecular flexibility index (Phi) is 8.46. The first-order valence-electron chi connectivity index (χ1n) is 11.4. The second kappa shape index (κ2) is 11.1. The summed E-state index contributed by atoms with van der Waals surface area (Å²) in [5.74, 6) is -0.104. The number of ether oxygens (including phenoxy) is 1. The highest BCUT2D eigenvalue weighted by molar-refractivity contribution is 7.89. The van der Waals surface area contributed by atoms with Crippen molar-refractivity contribution in [3.8, 4) is 5.75 Å². The number of carbonyl (C=O) groups is 1. The number of aromatic nitrogens is 1. The molecule has 1 aliphatic rings. The molecule has 0 spiro atoms. The van der Waals surface area contributed by atoms with E-state index in [1.165, 1.54) is 4.31 Å². The van der Waals surface area contributed by atoms with E-state index >= 15 is 0 Å². The number of nitrogens with zero attached hydrogens (tertiary/aromatic N) is 3. The molecule has 184 valence electrons. The van der Waals surface area contributed by atoms with E-state index in [2.05, 4.69) is 4.98 Å². The van der Waals surface area contributed by atoms with E-state index in [4.69, 9.17) is 4.74 Å². The van der Waals surface area contributed by atoms with Crippen molar-refractivity contribution in [2.45, 2.75) is 44.2 Å². The number of fused-ring (bicyclic) bond motifs is 1. The summed E-state index contributed by atoms with van der Waals surface area (Å²) in [4.78, 5) is 18.7. The third-order valence-electron chi connectivity index (χ3n) is 5.99. The number of aliphatic hydroxyl groups excluding tert-OH is 1. The summed E-state index contributed by atoms with van der Waals surface area (Å²) < 4.78 is 34.6. The van der Waals surface area contributed by atoms with Crippen LogP contribution < -0.4 is 4.74 Å². The number of rotatable bonds is 7. The zero-order chi connectivity index (χ0) is 24.9. The molecule has 1 N–H and O–H groups in total. The molecule has 0 saturated carbocycles. The van der Waals surface area contributed by atoms with E-state index < -0.39 is 22.2 Å². The summed E-state index contributed by atoms with van der Waals surface area (Å²) in [5.41, 5.74) is 1.49. The normalized spacial score (nSPS) is 21.2. The lowest BCUT2D eigenvalue weighted by Gasteiger charge is -2.37. The van der Waals surface area contributed by atoms with Crippen molar-refractivity contribution in [1.82, 2.24) is 14.2 Å². The highest BCUT2D eigenvalue weighted by Crippen LogP contribution is 2.34. The number of hydrogen-bond acceptors (Lipinski definition) is 6. The number of carbonyl (C=O) groups excluding carboxylic acids is 1. The van der Waals surface area contributed by atoms with Crippen molar-refractivity contribution >= 4 is 22.0 Å². The fraction of sp³-hybridized carbons (Fsp3) is 0.440. The summed E-state index contributed by atoms with van der Waals surface area (Å²) in [6, 6.07) is 9.82. The maximum Gasteiger partial charge on any atom is 0.247 e. The average Bonchev–Trinajstić information content (AvgIpc) is 2.81. The van der Waals surface area contributed by atoms with Gasteiger partial charge in [0.1, 0.15) is 16.7 Å². The lowest BCUT2D eigenvalue weighted by atomic mass is 10.0. The van der Waals surface area contributed by atoms with Gasteiger partial charge >= 0.3 is 0 Å². The molecule has 3 atom stereocenters. The van der Waals surface area contributed by atoms with Gasteiger partial charge in [0.25, 0.3) is 0 Å². The van der Waals surface area contributed by atoms with Crippen molar-refractivity contribution in [3.63, 3.8) is 0 Å². The minimum absolute atomic E-state index is 0.0559. The lowest BCUT2D eigenvalue weighted by Crippen LogP contribution is -2.50. The van der Waals surface area contributed by atoms with Crippen LogP contribution in [0.25, 0.3) is 6.08 Å². The second-order valence-electron chi connectivity index (χ2n) is 8.72. The van der Waals surface area contributed by atoms with Gasteiger partial charge in [-0.3, -0.25) is 9.78 Å². The summed E-state index contributed by atoms with van der Waals surface area (Å²) >= 11 is 0. The number of pyridine rings is 1. The summed E-state index contributed by atoms with van der Waals surface area (Å²) in [6.07, 6.45) is 5.09. The molecule has 9 heteroatoms. The van der Waals surface area contributed by atoms with E-state index in [1.54, 1.807) is 55.4 Å². The van der Waals surface area contributed by atoms with Gasteiger partial charge in [-0.2, -0.15) is 4.31 Å². The van der Waals surface area contributed by atoms with Crippen LogP contribution in [-0.2, 0) is 21.2 Å². The van der Waals surface area contributed by atoms with Crippen LogP contribution in [0.1, 0.15) is 32.0 Å². The minimum Gasteiger partial charge on any atom is -0.487 e. The largest absolute Gasteiger partial charge is 0.487 e. The van der Waals surface area contributed by atoms with E-state index in [0.29, 0.717) is 5.69 Å². The summed E-state index contributed by atoms with van der Waals surface area (Å²) in [7, 11) is -2.18. The van der Waals surface area contributed by atoms with Gasteiger partial charge in [-0.25, -0.2) is 8.42 Å². The van der Waals surface area contributed by atoms with Gasteiger partial charge in [-0.1, -0.05) is 31.2 Å². The third kappa shape index (κ3) is 5.84. The predicted octanol–water partition coefficient (Wildman–Crippen LogP) is 2.58. The van der Waals surface area contributed by atoms with Crippen LogP contribution in [0.15, 0.2) is 53.6 Å². The van der Waals surface area contributed by atoms with Crippen molar-refractivity contribution < 1.29 is 23.1 Å². The monoisotopic (exact) mass is 487 g/mol. The number of allylic oxidation sites excluding steroid dienone is 1. The zero-order valence-electron chi connectivity index (χ0n) is 20.1. The van der Waals surface area contributed by atoms with Crippen LogP contribution in [0.2, 0.25) is 0 Å². The van der Waals surface area contributed by atoms with Gasteiger partial charge in [0.2, 0.25) is 15.9 Å². The Morgan fingerprint density at radius 3 is 2.76 bits per heavy atom. The molecule has 2 heterocycles. The minimum atomic E-state index is -3.89. The standard InChI is InChI=1S/C25H33N3O5S/c1-5-8-20-10-11-24-22(13-20)33-23(18(2)15-28(19(3)17-29)34(24,31)32)16-27(4)25(30)14-21-9-6-7-12-26-21/h5-13,18-19,23,29H,14-17H2,1-4H3/b8-5+/t18-,19-,23-/m0/s1. The van der Waals surface area contributed by atoms with Crippen LogP contribution >= 0.6 is 0 Å². The Labute approximate surface area is 201 Å². The first kappa shape index (κ1) is 25.9. The Morgan fingerprint density at radius 2 is 2.12 bits per heavy atom. The number of sulfonamides is 1. The molecule has 0 saturated heterocycles. The van der Waals surface area contributed by atoms with E-state index in [-0.39, 0.29) is 48.6 Å². The molecule has 0 unspecified atom stereocenters. The van der Waals surface area contributed by atoms with Crippen LogP contribution in [-0.4, -0.2) is 72.5 Å². The molecule has 1 aromatic carbocycles. The Hall–Kier alpha value is -2.75. The van der Waals surface area contributed by atoms with Crippen molar-refractivity contribution in [1.29, 1.82) is 0 Å². The molecule has 0 fully saturated rings. The quantitative estimate of drug-likeness (QED) is 0.644. The highest BCUT2D eigenvalue weighted by Gasteiger charge is 2.38. The van der Waals surface area contributed by atoms with Crippen LogP contribution in [0.4, 0.5) is 0 Å². The number of benzene rings is 1. The molecule has 34 heavy (non-hydrogen) atoms. The molecule has 1 aliphatic heterocycles. The van der Waals surface area contributed by atoms with Gasteiger partial charge in [-0.15, -0.1) is 0 Å². The highest BCUT2D eigenvalue weighted by atomic mass is 32.2. The Morgan fingerprint density at radius 1 is 1.35 bits per heavy atom. The molecule has 0 radical (unpaired) electrons. The smallest absolute Gasteiger partial charge is 0.247 e. The maximum atomic E-state index is 13.5. The SMILES string of the molecule is C/C=C/c1ccc2c(c1)O[C@@H](CN(C)C(=O)Cc1ccccn1)[C@@H](C)CN([C@@H](C)CO)S2(=O)=O. The Balaban J connectivity index is 1.94. The molecule has 1 aromatic heterocycles. The van der Waals surface area contributed by atoms with Crippen molar-refractivity contribution in [3.05, 3.63) is 59.9 Å². The first-order valence-corrected chi connectivity index (χ1v) is 12.8. The van der Waals surface area contributed by atoms with Crippen LogP contribution in [0, 0.1) is 5.92 Å². The van der Waals surface area contributed by atoms with Crippen LogP contribution in [0.5, 0.6) is 5.75 Å². The van der Waals surface area contributed by atoms with Gasteiger partial charge < -0.3 is 14.7 Å². The number of hydrogen-bond donors (Lipinski definition) is 1. The van der Waals surface area contributed by atoms with E-state index in [9.17, 15) is 18.3 Å². The molecule has 2 aromatic rings. The fourth-order valence-corrected chi connectivity index (χ4v) is 5.75.